The highest BCUT2D eigenvalue weighted by molar-refractivity contribution is 5.76. The standard InChI is InChI=1S/C17H25NO3/c1-12-6-8-13(9-7-12)21-10-4-5-16(20)18-14-11-15(19)17(14,2)3/h6-9,14-15,19H,4-5,10-11H2,1-3H3,(H,18,20). The Bertz CT molecular complexity index is 481. The quantitative estimate of drug-likeness (QED) is 0.791. The Morgan fingerprint density at radius 2 is 2.05 bits per heavy atom. The first-order valence-electron chi connectivity index (χ1n) is 7.56. The number of hydrogen-bond donors (Lipinski definition) is 2. The molecule has 0 bridgehead atoms. The average Bonchev–Trinajstić information content (AvgIpc) is 2.45. The van der Waals surface area contributed by atoms with Crippen molar-refractivity contribution in [2.45, 2.75) is 52.2 Å². The van der Waals surface area contributed by atoms with E-state index >= 15 is 0 Å². The Kier molecular flexibility index (Phi) is 4.88. The fourth-order valence-electron chi connectivity index (χ4n) is 2.47. The number of carbonyl (C=O) groups excluding carboxylic acids is 1. The number of carbonyl (C=O) groups is 1. The Morgan fingerprint density at radius 1 is 1.38 bits per heavy atom. The highest BCUT2D eigenvalue weighted by Gasteiger charge is 2.47. The molecule has 4 heteroatoms. The second-order valence-corrected chi connectivity index (χ2v) is 6.46. The van der Waals surface area contributed by atoms with Crippen molar-refractivity contribution in [2.24, 2.45) is 5.41 Å². The third-order valence-electron chi connectivity index (χ3n) is 4.39. The maximum atomic E-state index is 11.8. The van der Waals surface area contributed by atoms with E-state index in [0.717, 1.165) is 5.75 Å². The Labute approximate surface area is 126 Å². The molecule has 1 amide bonds. The predicted molar refractivity (Wildman–Crippen MR) is 82.2 cm³/mol. The zero-order valence-electron chi connectivity index (χ0n) is 13.1. The summed E-state index contributed by atoms with van der Waals surface area (Å²) < 4.78 is 5.59. The first kappa shape index (κ1) is 15.8. The second kappa shape index (κ2) is 6.48. The second-order valence-electron chi connectivity index (χ2n) is 6.46. The zero-order chi connectivity index (χ0) is 15.5. The molecule has 0 heterocycles. The summed E-state index contributed by atoms with van der Waals surface area (Å²) in [5, 5.41) is 12.6. The smallest absolute Gasteiger partial charge is 0.220 e. The molecule has 0 saturated heterocycles. The molecule has 2 atom stereocenters. The molecule has 0 spiro atoms. The summed E-state index contributed by atoms with van der Waals surface area (Å²) in [5.74, 6) is 0.872. The van der Waals surface area contributed by atoms with Crippen LogP contribution in [0.25, 0.3) is 0 Å². The molecule has 0 aromatic heterocycles. The van der Waals surface area contributed by atoms with Crippen LogP contribution in [0.3, 0.4) is 0 Å². The monoisotopic (exact) mass is 291 g/mol. The molecule has 2 rings (SSSR count). The van der Waals surface area contributed by atoms with E-state index in [-0.39, 0.29) is 23.5 Å². The molecule has 21 heavy (non-hydrogen) atoms. The summed E-state index contributed by atoms with van der Waals surface area (Å²) >= 11 is 0. The predicted octanol–water partition coefficient (Wildman–Crippen LogP) is 2.43. The third-order valence-corrected chi connectivity index (χ3v) is 4.39. The minimum atomic E-state index is -0.312. The van der Waals surface area contributed by atoms with Crippen molar-refractivity contribution < 1.29 is 14.6 Å². The Hall–Kier alpha value is -1.55. The third kappa shape index (κ3) is 3.97. The van der Waals surface area contributed by atoms with E-state index < -0.39 is 0 Å². The minimum absolute atomic E-state index is 0.0347. The van der Waals surface area contributed by atoms with E-state index in [9.17, 15) is 9.90 Å². The van der Waals surface area contributed by atoms with Gasteiger partial charge in [0.15, 0.2) is 0 Å². The van der Waals surface area contributed by atoms with Crippen LogP contribution in [-0.4, -0.2) is 29.8 Å². The zero-order valence-corrected chi connectivity index (χ0v) is 13.1. The normalized spacial score (nSPS) is 23.2. The molecule has 2 N–H and O–H groups in total. The minimum Gasteiger partial charge on any atom is -0.494 e. The Balaban J connectivity index is 1.63. The van der Waals surface area contributed by atoms with Crippen molar-refractivity contribution in [1.29, 1.82) is 0 Å². The highest BCUT2D eigenvalue weighted by atomic mass is 16.5. The number of aryl methyl sites for hydroxylation is 1. The van der Waals surface area contributed by atoms with E-state index in [1.54, 1.807) is 0 Å². The fourth-order valence-corrected chi connectivity index (χ4v) is 2.47. The topological polar surface area (TPSA) is 58.6 Å². The maximum absolute atomic E-state index is 11.8. The van der Waals surface area contributed by atoms with Crippen LogP contribution in [0.1, 0.15) is 38.7 Å². The van der Waals surface area contributed by atoms with Gasteiger partial charge in [-0.05, 0) is 31.9 Å². The maximum Gasteiger partial charge on any atom is 0.220 e. The molecule has 0 aliphatic heterocycles. The van der Waals surface area contributed by atoms with Gasteiger partial charge in [-0.1, -0.05) is 31.5 Å². The van der Waals surface area contributed by atoms with Crippen LogP contribution in [0.2, 0.25) is 0 Å². The van der Waals surface area contributed by atoms with Crippen LogP contribution in [0.15, 0.2) is 24.3 Å². The molecule has 1 aliphatic carbocycles. The molecule has 1 saturated carbocycles. The molecule has 0 radical (unpaired) electrons. The molecular weight excluding hydrogens is 266 g/mol. The van der Waals surface area contributed by atoms with E-state index in [1.165, 1.54) is 5.56 Å². The molecule has 1 fully saturated rings. The van der Waals surface area contributed by atoms with E-state index in [0.29, 0.717) is 25.9 Å². The van der Waals surface area contributed by atoms with Crippen molar-refractivity contribution >= 4 is 5.91 Å². The number of rotatable bonds is 6. The molecule has 1 aromatic rings. The lowest BCUT2D eigenvalue weighted by atomic mass is 9.64. The van der Waals surface area contributed by atoms with E-state index in [1.807, 2.05) is 45.0 Å². The van der Waals surface area contributed by atoms with Gasteiger partial charge in [-0.2, -0.15) is 0 Å². The van der Waals surface area contributed by atoms with Crippen molar-refractivity contribution in [2.75, 3.05) is 6.61 Å². The number of aliphatic hydroxyl groups excluding tert-OH is 1. The van der Waals surface area contributed by atoms with Crippen LogP contribution >= 0.6 is 0 Å². The lowest BCUT2D eigenvalue weighted by molar-refractivity contribution is -0.129. The number of hydrogen-bond acceptors (Lipinski definition) is 3. The van der Waals surface area contributed by atoms with Crippen LogP contribution in [0.4, 0.5) is 0 Å². The number of benzene rings is 1. The molecule has 4 nitrogen and oxygen atoms in total. The molecule has 1 aliphatic rings. The van der Waals surface area contributed by atoms with Gasteiger partial charge >= 0.3 is 0 Å². The van der Waals surface area contributed by atoms with Gasteiger partial charge in [0.25, 0.3) is 0 Å². The van der Waals surface area contributed by atoms with Crippen LogP contribution in [0.5, 0.6) is 5.75 Å². The Morgan fingerprint density at radius 3 is 2.62 bits per heavy atom. The number of aliphatic hydroxyl groups is 1. The summed E-state index contributed by atoms with van der Waals surface area (Å²) in [4.78, 5) is 11.8. The van der Waals surface area contributed by atoms with Crippen molar-refractivity contribution in [1.82, 2.24) is 5.32 Å². The molecular formula is C17H25NO3. The van der Waals surface area contributed by atoms with Gasteiger partial charge in [-0.15, -0.1) is 0 Å². The van der Waals surface area contributed by atoms with Crippen LogP contribution in [0, 0.1) is 12.3 Å². The molecule has 2 unspecified atom stereocenters. The van der Waals surface area contributed by atoms with E-state index in [4.69, 9.17) is 4.74 Å². The SMILES string of the molecule is Cc1ccc(OCCCC(=O)NC2CC(O)C2(C)C)cc1. The van der Waals surface area contributed by atoms with Gasteiger partial charge in [0.1, 0.15) is 5.75 Å². The highest BCUT2D eigenvalue weighted by Crippen LogP contribution is 2.40. The fraction of sp³-hybridized carbons (Fsp3) is 0.588. The lowest BCUT2D eigenvalue weighted by Gasteiger charge is -2.49. The van der Waals surface area contributed by atoms with Crippen molar-refractivity contribution in [3.05, 3.63) is 29.8 Å². The van der Waals surface area contributed by atoms with Crippen LogP contribution in [-0.2, 0) is 4.79 Å². The number of nitrogens with one attached hydrogen (secondary N) is 1. The average molecular weight is 291 g/mol. The molecule has 116 valence electrons. The first-order valence-corrected chi connectivity index (χ1v) is 7.56. The summed E-state index contributed by atoms with van der Waals surface area (Å²) in [7, 11) is 0. The van der Waals surface area contributed by atoms with Crippen molar-refractivity contribution in [3.8, 4) is 5.75 Å². The van der Waals surface area contributed by atoms with E-state index in [2.05, 4.69) is 5.32 Å². The van der Waals surface area contributed by atoms with Crippen LogP contribution < -0.4 is 10.1 Å². The van der Waals surface area contributed by atoms with Gasteiger partial charge < -0.3 is 15.2 Å². The van der Waals surface area contributed by atoms with Gasteiger partial charge in [0, 0.05) is 17.9 Å². The van der Waals surface area contributed by atoms with Gasteiger partial charge in [0.05, 0.1) is 12.7 Å². The largest absolute Gasteiger partial charge is 0.494 e. The summed E-state index contributed by atoms with van der Waals surface area (Å²) in [6.07, 6.45) is 1.48. The first-order chi connectivity index (χ1) is 9.89. The molecule has 1 aromatic carbocycles. The van der Waals surface area contributed by atoms with Gasteiger partial charge in [-0.25, -0.2) is 0 Å². The summed E-state index contributed by atoms with van der Waals surface area (Å²) in [6.45, 7) is 6.53. The summed E-state index contributed by atoms with van der Waals surface area (Å²) in [5.41, 5.74) is 0.987. The van der Waals surface area contributed by atoms with Gasteiger partial charge in [0.2, 0.25) is 5.91 Å². The number of amides is 1. The number of ether oxygens (including phenoxy) is 1. The van der Waals surface area contributed by atoms with Crippen molar-refractivity contribution in [3.63, 3.8) is 0 Å². The summed E-state index contributed by atoms with van der Waals surface area (Å²) in [6, 6.07) is 7.97. The van der Waals surface area contributed by atoms with Gasteiger partial charge in [-0.3, -0.25) is 4.79 Å². The lowest BCUT2D eigenvalue weighted by Crippen LogP contribution is -2.61.